The molecule has 21 heavy (non-hydrogen) atoms. The number of hydrogen-bond acceptors (Lipinski definition) is 4. The highest BCUT2D eigenvalue weighted by atomic mass is 19.1. The fourth-order valence-corrected chi connectivity index (χ4v) is 2.10. The van der Waals surface area contributed by atoms with Gasteiger partial charge in [0.1, 0.15) is 18.3 Å². The molecule has 0 amide bonds. The van der Waals surface area contributed by atoms with E-state index < -0.39 is 12.1 Å². The van der Waals surface area contributed by atoms with Gasteiger partial charge in [0, 0.05) is 0 Å². The molecular formula is C15H12FN3O2. The molecular weight excluding hydrogens is 273 g/mol. The molecule has 1 unspecified atom stereocenters. The van der Waals surface area contributed by atoms with E-state index in [1.165, 1.54) is 18.2 Å². The molecule has 1 atom stereocenters. The molecule has 3 rings (SSSR count). The number of carbonyl (C=O) groups is 1. The zero-order valence-electron chi connectivity index (χ0n) is 10.9. The van der Waals surface area contributed by atoms with Crippen molar-refractivity contribution in [2.45, 2.75) is 6.17 Å². The first-order chi connectivity index (χ1) is 10.1. The molecule has 0 spiro atoms. The van der Waals surface area contributed by atoms with Gasteiger partial charge in [-0.3, -0.25) is 5.01 Å². The molecule has 2 aromatic carbocycles. The van der Waals surface area contributed by atoms with Crippen LogP contribution in [0.5, 0.6) is 0 Å². The smallest absolute Gasteiger partial charge is 0.335 e. The van der Waals surface area contributed by atoms with Gasteiger partial charge in [-0.1, -0.05) is 18.2 Å². The number of carboxylic acids is 1. The SMILES string of the molecule is O=C(O)c1cccc(C2N=CN(c3cccc(F)c3)N2)c1. The van der Waals surface area contributed by atoms with E-state index in [1.54, 1.807) is 41.7 Å². The first-order valence-corrected chi connectivity index (χ1v) is 6.31. The molecule has 1 aliphatic heterocycles. The molecule has 0 aromatic heterocycles. The third-order valence-electron chi connectivity index (χ3n) is 3.13. The Balaban J connectivity index is 1.80. The third kappa shape index (κ3) is 2.75. The van der Waals surface area contributed by atoms with E-state index in [0.29, 0.717) is 5.69 Å². The van der Waals surface area contributed by atoms with E-state index in [-0.39, 0.29) is 11.4 Å². The van der Waals surface area contributed by atoms with Gasteiger partial charge in [-0.2, -0.15) is 5.43 Å². The van der Waals surface area contributed by atoms with Crippen molar-refractivity contribution in [3.05, 3.63) is 65.5 Å². The third-order valence-corrected chi connectivity index (χ3v) is 3.13. The first kappa shape index (κ1) is 13.3. The van der Waals surface area contributed by atoms with E-state index in [9.17, 15) is 9.18 Å². The fourth-order valence-electron chi connectivity index (χ4n) is 2.10. The number of hydrogen-bond donors (Lipinski definition) is 2. The first-order valence-electron chi connectivity index (χ1n) is 6.31. The summed E-state index contributed by atoms with van der Waals surface area (Å²) in [6.45, 7) is 0. The average molecular weight is 285 g/mol. The van der Waals surface area contributed by atoms with E-state index in [1.807, 2.05) is 0 Å². The van der Waals surface area contributed by atoms with Crippen LogP contribution < -0.4 is 10.4 Å². The summed E-state index contributed by atoms with van der Waals surface area (Å²) in [7, 11) is 0. The van der Waals surface area contributed by atoms with E-state index in [4.69, 9.17) is 5.11 Å². The zero-order valence-corrected chi connectivity index (χ0v) is 10.9. The summed E-state index contributed by atoms with van der Waals surface area (Å²) >= 11 is 0. The lowest BCUT2D eigenvalue weighted by atomic mass is 10.1. The maximum Gasteiger partial charge on any atom is 0.335 e. The van der Waals surface area contributed by atoms with Crippen molar-refractivity contribution < 1.29 is 14.3 Å². The number of nitrogens with one attached hydrogen (secondary N) is 1. The maximum atomic E-state index is 13.2. The van der Waals surface area contributed by atoms with Gasteiger partial charge in [0.15, 0.2) is 0 Å². The molecule has 2 N–H and O–H groups in total. The van der Waals surface area contributed by atoms with Crippen LogP contribution in [0.15, 0.2) is 53.5 Å². The fraction of sp³-hybridized carbons (Fsp3) is 0.0667. The van der Waals surface area contributed by atoms with Crippen molar-refractivity contribution >= 4 is 18.0 Å². The standard InChI is InChI=1S/C15H12FN3O2/c16-12-5-2-6-13(8-12)19-9-17-14(18-19)10-3-1-4-11(7-10)15(20)21/h1-9,14,18H,(H,20,21). The summed E-state index contributed by atoms with van der Waals surface area (Å²) in [5.74, 6) is -1.32. The lowest BCUT2D eigenvalue weighted by Crippen LogP contribution is -2.33. The van der Waals surface area contributed by atoms with Crippen molar-refractivity contribution in [1.82, 2.24) is 5.43 Å². The number of nitrogens with zero attached hydrogens (tertiary/aromatic N) is 2. The monoisotopic (exact) mass is 285 g/mol. The van der Waals surface area contributed by atoms with Crippen LogP contribution >= 0.6 is 0 Å². The lowest BCUT2D eigenvalue weighted by molar-refractivity contribution is 0.0696. The number of benzene rings is 2. The van der Waals surface area contributed by atoms with Crippen molar-refractivity contribution in [3.63, 3.8) is 0 Å². The molecule has 0 radical (unpaired) electrons. The van der Waals surface area contributed by atoms with E-state index in [0.717, 1.165) is 5.56 Å². The molecule has 6 heteroatoms. The lowest BCUT2D eigenvalue weighted by Gasteiger charge is -2.18. The average Bonchev–Trinajstić information content (AvgIpc) is 2.97. The second kappa shape index (κ2) is 5.34. The van der Waals surface area contributed by atoms with E-state index >= 15 is 0 Å². The number of rotatable bonds is 3. The Labute approximate surface area is 120 Å². The Hall–Kier alpha value is -2.73. The number of carboxylic acid groups (broad SMARTS) is 1. The molecule has 106 valence electrons. The second-order valence-electron chi connectivity index (χ2n) is 4.58. The quantitative estimate of drug-likeness (QED) is 0.909. The number of aliphatic imine (C=N–C) groups is 1. The van der Waals surface area contributed by atoms with Crippen molar-refractivity contribution in [1.29, 1.82) is 0 Å². The van der Waals surface area contributed by atoms with Gasteiger partial charge < -0.3 is 5.11 Å². The van der Waals surface area contributed by atoms with Gasteiger partial charge in [0.2, 0.25) is 0 Å². The highest BCUT2D eigenvalue weighted by Crippen LogP contribution is 2.23. The molecule has 2 aromatic rings. The summed E-state index contributed by atoms with van der Waals surface area (Å²) in [6.07, 6.45) is 1.15. The number of halogens is 1. The molecule has 0 saturated heterocycles. The summed E-state index contributed by atoms with van der Waals surface area (Å²) < 4.78 is 13.2. The Kier molecular flexibility index (Phi) is 3.37. The van der Waals surface area contributed by atoms with Crippen LogP contribution in [0.2, 0.25) is 0 Å². The van der Waals surface area contributed by atoms with Crippen molar-refractivity contribution in [2.75, 3.05) is 5.01 Å². The van der Waals surface area contributed by atoms with Crippen LogP contribution in [0, 0.1) is 5.82 Å². The minimum absolute atomic E-state index is 0.203. The normalized spacial score (nSPS) is 17.2. The second-order valence-corrected chi connectivity index (χ2v) is 4.58. The number of anilines is 1. The topological polar surface area (TPSA) is 64.9 Å². The molecule has 5 nitrogen and oxygen atoms in total. The van der Waals surface area contributed by atoms with Crippen LogP contribution in [0.1, 0.15) is 22.1 Å². The van der Waals surface area contributed by atoms with Gasteiger partial charge in [-0.15, -0.1) is 0 Å². The Morgan fingerprint density at radius 1 is 1.24 bits per heavy atom. The van der Waals surface area contributed by atoms with Gasteiger partial charge in [0.25, 0.3) is 0 Å². The summed E-state index contributed by atoms with van der Waals surface area (Å²) in [4.78, 5) is 15.2. The van der Waals surface area contributed by atoms with Gasteiger partial charge in [-0.05, 0) is 35.9 Å². The summed E-state index contributed by atoms with van der Waals surface area (Å²) in [6, 6.07) is 12.6. The Morgan fingerprint density at radius 2 is 2.05 bits per heavy atom. The minimum Gasteiger partial charge on any atom is -0.478 e. The van der Waals surface area contributed by atoms with Gasteiger partial charge in [0.05, 0.1) is 11.3 Å². The predicted molar refractivity (Wildman–Crippen MR) is 76.6 cm³/mol. The maximum absolute atomic E-state index is 13.2. The molecule has 1 heterocycles. The molecule has 0 saturated carbocycles. The largest absolute Gasteiger partial charge is 0.478 e. The molecule has 0 fully saturated rings. The summed E-state index contributed by atoms with van der Waals surface area (Å²) in [5.41, 5.74) is 4.62. The molecule has 0 bridgehead atoms. The predicted octanol–water partition coefficient (Wildman–Crippen LogP) is 2.58. The Morgan fingerprint density at radius 3 is 2.81 bits per heavy atom. The van der Waals surface area contributed by atoms with Crippen LogP contribution in [0.4, 0.5) is 10.1 Å². The van der Waals surface area contributed by atoms with Crippen LogP contribution in [-0.4, -0.2) is 17.4 Å². The van der Waals surface area contributed by atoms with Crippen LogP contribution in [0.25, 0.3) is 0 Å². The number of aromatic carboxylic acids is 1. The van der Waals surface area contributed by atoms with E-state index in [2.05, 4.69) is 10.4 Å². The Bertz CT molecular complexity index is 718. The highest BCUT2D eigenvalue weighted by Gasteiger charge is 2.20. The highest BCUT2D eigenvalue weighted by molar-refractivity contribution is 5.88. The van der Waals surface area contributed by atoms with Gasteiger partial charge in [-0.25, -0.2) is 14.2 Å². The minimum atomic E-state index is -0.985. The van der Waals surface area contributed by atoms with Gasteiger partial charge >= 0.3 is 5.97 Å². The zero-order chi connectivity index (χ0) is 14.8. The van der Waals surface area contributed by atoms with Crippen molar-refractivity contribution in [3.8, 4) is 0 Å². The summed E-state index contributed by atoms with van der Waals surface area (Å²) in [5, 5.41) is 10.6. The van der Waals surface area contributed by atoms with Crippen molar-refractivity contribution in [2.24, 2.45) is 4.99 Å². The number of hydrazine groups is 1. The molecule has 0 aliphatic carbocycles. The molecule has 1 aliphatic rings. The van der Waals surface area contributed by atoms with Crippen LogP contribution in [-0.2, 0) is 0 Å². The van der Waals surface area contributed by atoms with Crippen LogP contribution in [0.3, 0.4) is 0 Å².